The third kappa shape index (κ3) is 14.5. The third-order valence-electron chi connectivity index (χ3n) is 1.07. The van der Waals surface area contributed by atoms with Crippen LogP contribution in [0.1, 0.15) is 13.3 Å². The summed E-state index contributed by atoms with van der Waals surface area (Å²) in [6.45, 7) is 2.97. The SMILES string of the molecule is CCCOC(=O)C[N+](C)(C)C.O.[Cl-]. The van der Waals surface area contributed by atoms with Gasteiger partial charge in [0.25, 0.3) is 0 Å². The summed E-state index contributed by atoms with van der Waals surface area (Å²) in [4.78, 5) is 11.0. The normalized spacial score (nSPS) is 9.54. The molecule has 0 fully saturated rings. The molecule has 0 heterocycles. The molecule has 0 rings (SSSR count). The van der Waals surface area contributed by atoms with Crippen molar-refractivity contribution < 1.29 is 31.9 Å². The second-order valence-corrected chi connectivity index (χ2v) is 3.67. The van der Waals surface area contributed by atoms with Gasteiger partial charge in [-0.05, 0) is 6.42 Å². The summed E-state index contributed by atoms with van der Waals surface area (Å²) in [7, 11) is 5.90. The molecule has 0 aromatic carbocycles. The lowest BCUT2D eigenvalue weighted by atomic mass is 10.5. The summed E-state index contributed by atoms with van der Waals surface area (Å²) in [6.07, 6.45) is 0.892. The molecule has 0 atom stereocenters. The van der Waals surface area contributed by atoms with E-state index in [4.69, 9.17) is 4.74 Å². The van der Waals surface area contributed by atoms with Gasteiger partial charge in [0.05, 0.1) is 27.7 Å². The van der Waals surface area contributed by atoms with Crippen LogP contribution in [-0.2, 0) is 9.53 Å². The fourth-order valence-corrected chi connectivity index (χ4v) is 0.649. The summed E-state index contributed by atoms with van der Waals surface area (Å²) in [6, 6.07) is 0. The summed E-state index contributed by atoms with van der Waals surface area (Å²) < 4.78 is 5.54. The highest BCUT2D eigenvalue weighted by atomic mass is 35.5. The minimum absolute atomic E-state index is 0. The van der Waals surface area contributed by atoms with Crippen molar-refractivity contribution in [3.63, 3.8) is 0 Å². The number of quaternary nitrogens is 1. The summed E-state index contributed by atoms with van der Waals surface area (Å²) in [5.41, 5.74) is 0. The average molecular weight is 214 g/mol. The maximum atomic E-state index is 11.0. The molecule has 0 amide bonds. The van der Waals surface area contributed by atoms with Gasteiger partial charge in [-0.2, -0.15) is 0 Å². The number of likely N-dealkylation sites (N-methyl/N-ethyl adjacent to an activating group) is 1. The largest absolute Gasteiger partial charge is 1.00 e. The van der Waals surface area contributed by atoms with Crippen molar-refractivity contribution in [2.45, 2.75) is 13.3 Å². The molecule has 5 heteroatoms. The minimum atomic E-state index is -0.112. The lowest BCUT2D eigenvalue weighted by molar-refractivity contribution is -0.862. The molecule has 0 saturated heterocycles. The van der Waals surface area contributed by atoms with Gasteiger partial charge in [-0.25, -0.2) is 4.79 Å². The smallest absolute Gasteiger partial charge is 0.361 e. The van der Waals surface area contributed by atoms with Gasteiger partial charge in [0.15, 0.2) is 6.54 Å². The van der Waals surface area contributed by atoms with Gasteiger partial charge in [0.2, 0.25) is 0 Å². The lowest BCUT2D eigenvalue weighted by Crippen LogP contribution is -3.00. The van der Waals surface area contributed by atoms with E-state index in [0.717, 1.165) is 6.42 Å². The fourth-order valence-electron chi connectivity index (χ4n) is 0.649. The number of hydrogen-bond donors (Lipinski definition) is 0. The van der Waals surface area contributed by atoms with E-state index in [1.807, 2.05) is 28.1 Å². The fraction of sp³-hybridized carbons (Fsp3) is 0.875. The van der Waals surface area contributed by atoms with E-state index in [1.165, 1.54) is 0 Å². The number of carbonyl (C=O) groups is 1. The number of esters is 1. The van der Waals surface area contributed by atoms with E-state index in [1.54, 1.807) is 0 Å². The van der Waals surface area contributed by atoms with E-state index < -0.39 is 0 Å². The van der Waals surface area contributed by atoms with Crippen molar-refractivity contribution in [1.29, 1.82) is 0 Å². The maximum absolute atomic E-state index is 11.0. The molecule has 2 N–H and O–H groups in total. The molecule has 13 heavy (non-hydrogen) atoms. The Kier molecular flexibility index (Phi) is 11.8. The van der Waals surface area contributed by atoms with Crippen molar-refractivity contribution in [3.8, 4) is 0 Å². The first-order valence-corrected chi connectivity index (χ1v) is 3.92. The zero-order valence-electron chi connectivity index (χ0n) is 8.76. The number of nitrogens with zero attached hydrogens (tertiary/aromatic N) is 1. The van der Waals surface area contributed by atoms with E-state index in [9.17, 15) is 4.79 Å². The summed E-state index contributed by atoms with van der Waals surface area (Å²) in [5.74, 6) is -0.112. The van der Waals surface area contributed by atoms with Crippen LogP contribution in [0.15, 0.2) is 0 Å². The standard InChI is InChI=1S/C8H18NO2.ClH.H2O/c1-5-6-11-8(10)7-9(2,3)4;;/h5-7H2,1-4H3;1H;1H2/q+1;;/p-1. The van der Waals surface area contributed by atoms with Gasteiger partial charge in [0.1, 0.15) is 0 Å². The van der Waals surface area contributed by atoms with Gasteiger partial charge in [-0.15, -0.1) is 0 Å². The Bertz CT molecular complexity index is 134. The summed E-state index contributed by atoms with van der Waals surface area (Å²) in [5, 5.41) is 0. The maximum Gasteiger partial charge on any atom is 0.361 e. The van der Waals surface area contributed by atoms with Crippen LogP contribution in [0.5, 0.6) is 0 Å². The Morgan fingerprint density at radius 2 is 1.77 bits per heavy atom. The van der Waals surface area contributed by atoms with Gasteiger partial charge >= 0.3 is 5.97 Å². The van der Waals surface area contributed by atoms with Crippen LogP contribution < -0.4 is 12.4 Å². The molecule has 0 radical (unpaired) electrons. The van der Waals surface area contributed by atoms with Crippen LogP contribution in [-0.4, -0.2) is 50.2 Å². The van der Waals surface area contributed by atoms with E-state index in [-0.39, 0.29) is 23.9 Å². The zero-order chi connectivity index (χ0) is 8.91. The number of carbonyl (C=O) groups excluding carboxylic acids is 1. The Balaban J connectivity index is -0.000000500. The highest BCUT2D eigenvalue weighted by Gasteiger charge is 2.14. The molecule has 0 aromatic rings. The molecule has 0 spiro atoms. The van der Waals surface area contributed by atoms with Crippen LogP contribution in [0.4, 0.5) is 0 Å². The lowest BCUT2D eigenvalue weighted by Gasteiger charge is -2.22. The Morgan fingerprint density at radius 3 is 2.08 bits per heavy atom. The van der Waals surface area contributed by atoms with E-state index in [2.05, 4.69) is 0 Å². The first-order chi connectivity index (χ1) is 4.95. The van der Waals surface area contributed by atoms with Gasteiger partial charge in [-0.3, -0.25) is 0 Å². The Morgan fingerprint density at radius 1 is 1.31 bits per heavy atom. The molecule has 0 aromatic heterocycles. The number of halogens is 1. The number of ether oxygens (including phenoxy) is 1. The Labute approximate surface area is 86.2 Å². The molecular weight excluding hydrogens is 194 g/mol. The van der Waals surface area contributed by atoms with E-state index in [0.29, 0.717) is 17.6 Å². The molecule has 0 bridgehead atoms. The van der Waals surface area contributed by atoms with Gasteiger partial charge in [0, 0.05) is 0 Å². The second-order valence-electron chi connectivity index (χ2n) is 3.67. The van der Waals surface area contributed by atoms with Crippen molar-refractivity contribution >= 4 is 5.97 Å². The van der Waals surface area contributed by atoms with Crippen LogP contribution in [0.2, 0.25) is 0 Å². The van der Waals surface area contributed by atoms with E-state index >= 15 is 0 Å². The quantitative estimate of drug-likeness (QED) is 0.366. The van der Waals surface area contributed by atoms with Gasteiger partial charge in [-0.1, -0.05) is 6.92 Å². The first-order valence-electron chi connectivity index (χ1n) is 3.92. The Hall–Kier alpha value is -0.320. The van der Waals surface area contributed by atoms with Crippen LogP contribution >= 0.6 is 0 Å². The topological polar surface area (TPSA) is 57.8 Å². The van der Waals surface area contributed by atoms with Crippen LogP contribution in [0.25, 0.3) is 0 Å². The summed E-state index contributed by atoms with van der Waals surface area (Å²) >= 11 is 0. The average Bonchev–Trinajstić information content (AvgIpc) is 1.79. The van der Waals surface area contributed by atoms with Crippen LogP contribution in [0.3, 0.4) is 0 Å². The number of hydrogen-bond acceptors (Lipinski definition) is 2. The van der Waals surface area contributed by atoms with Crippen molar-refractivity contribution in [3.05, 3.63) is 0 Å². The second kappa shape index (κ2) is 8.29. The van der Waals surface area contributed by atoms with Crippen LogP contribution in [0, 0.1) is 0 Å². The first kappa shape index (κ1) is 18.5. The molecule has 0 unspecified atom stereocenters. The molecule has 0 aliphatic rings. The number of rotatable bonds is 4. The van der Waals surface area contributed by atoms with Gasteiger partial charge < -0.3 is 27.1 Å². The monoisotopic (exact) mass is 213 g/mol. The zero-order valence-corrected chi connectivity index (χ0v) is 9.52. The predicted octanol–water partition coefficient (Wildman–Crippen LogP) is -3.17. The molecule has 82 valence electrons. The highest BCUT2D eigenvalue weighted by Crippen LogP contribution is 1.91. The molecule has 0 saturated carbocycles. The molecule has 0 aliphatic carbocycles. The predicted molar refractivity (Wildman–Crippen MR) is 47.8 cm³/mol. The molecule has 4 nitrogen and oxygen atoms in total. The third-order valence-corrected chi connectivity index (χ3v) is 1.07. The molecule has 0 aliphatic heterocycles. The van der Waals surface area contributed by atoms with Crippen molar-refractivity contribution in [2.24, 2.45) is 0 Å². The minimum Gasteiger partial charge on any atom is -1.00 e. The van der Waals surface area contributed by atoms with Crippen molar-refractivity contribution in [2.75, 3.05) is 34.3 Å². The molecular formula is C8H20ClNO3. The van der Waals surface area contributed by atoms with Crippen molar-refractivity contribution in [1.82, 2.24) is 0 Å². The highest BCUT2D eigenvalue weighted by molar-refractivity contribution is 5.70.